The van der Waals surface area contributed by atoms with Gasteiger partial charge in [-0.05, 0) is 65.9 Å². The Morgan fingerprint density at radius 3 is 2.74 bits per heavy atom. The topological polar surface area (TPSA) is 46.5 Å². The molecule has 2 atom stereocenters. The first-order valence-electron chi connectivity index (χ1n) is 9.12. The lowest BCUT2D eigenvalue weighted by Gasteiger charge is -2.34. The van der Waals surface area contributed by atoms with E-state index >= 15 is 0 Å². The van der Waals surface area contributed by atoms with E-state index in [2.05, 4.69) is 30.3 Å². The average Bonchev–Trinajstić information content (AvgIpc) is 2.72. The molecule has 0 saturated heterocycles. The summed E-state index contributed by atoms with van der Waals surface area (Å²) in [7, 11) is 0. The van der Waals surface area contributed by atoms with Gasteiger partial charge >= 0.3 is 0 Å². The molecule has 0 unspecified atom stereocenters. The number of carbonyl (C=O) groups excluding carboxylic acids is 1. The highest BCUT2D eigenvalue weighted by molar-refractivity contribution is 5.52. The number of aryl methyl sites for hydroxylation is 1. The van der Waals surface area contributed by atoms with Crippen molar-refractivity contribution in [3.8, 4) is 11.5 Å². The molecule has 0 aliphatic heterocycles. The summed E-state index contributed by atoms with van der Waals surface area (Å²) in [5, 5.41) is 9.89. The van der Waals surface area contributed by atoms with Crippen molar-refractivity contribution in [2.75, 3.05) is 6.61 Å². The van der Waals surface area contributed by atoms with Crippen molar-refractivity contribution >= 4 is 6.29 Å². The van der Waals surface area contributed by atoms with Crippen LogP contribution in [-0.4, -0.2) is 18.0 Å². The van der Waals surface area contributed by atoms with Crippen LogP contribution in [0.1, 0.15) is 40.5 Å². The molecular weight excluding hydrogens is 336 g/mol. The molecule has 0 spiro atoms. The lowest BCUT2D eigenvalue weighted by atomic mass is 9.69. The fraction of sp³-hybridized carbons (Fsp3) is 0.208. The Hall–Kier alpha value is -3.25. The normalized spacial score (nSPS) is 18.2. The van der Waals surface area contributed by atoms with Gasteiger partial charge in [-0.15, -0.1) is 0 Å². The zero-order valence-corrected chi connectivity index (χ0v) is 14.9. The number of benzene rings is 2. The van der Waals surface area contributed by atoms with Crippen LogP contribution in [0.15, 0.2) is 60.7 Å². The largest absolute Gasteiger partial charge is 0.508 e. The number of carbonyl (C=O) groups is 1. The highest BCUT2D eigenvalue weighted by atomic mass is 16.5. The van der Waals surface area contributed by atoms with E-state index in [9.17, 15) is 9.90 Å². The van der Waals surface area contributed by atoms with Gasteiger partial charge in [-0.3, -0.25) is 4.79 Å². The zero-order valence-electron chi connectivity index (χ0n) is 14.9. The van der Waals surface area contributed by atoms with E-state index in [1.54, 1.807) is 6.07 Å². The summed E-state index contributed by atoms with van der Waals surface area (Å²) in [6.45, 7) is 0.0579. The number of rotatable bonds is 5. The minimum Gasteiger partial charge on any atom is -0.508 e. The molecule has 3 heteroatoms. The SMILES string of the molecule is O=CCOc1ccc([C@@H]2c3ccc(O)cc3CC[C@@H]2c2c#cccc2)cc1. The Bertz CT molecular complexity index is 916. The molecule has 1 aliphatic rings. The van der Waals surface area contributed by atoms with E-state index in [0.29, 0.717) is 17.4 Å². The second-order valence-electron chi connectivity index (χ2n) is 6.80. The van der Waals surface area contributed by atoms with Crippen molar-refractivity contribution in [1.82, 2.24) is 0 Å². The lowest BCUT2D eigenvalue weighted by Crippen LogP contribution is -2.20. The number of phenols is 1. The van der Waals surface area contributed by atoms with Gasteiger partial charge in [0.2, 0.25) is 0 Å². The monoisotopic (exact) mass is 356 g/mol. The van der Waals surface area contributed by atoms with Gasteiger partial charge in [0.25, 0.3) is 0 Å². The van der Waals surface area contributed by atoms with Crippen LogP contribution in [0.25, 0.3) is 0 Å². The van der Waals surface area contributed by atoms with E-state index in [0.717, 1.165) is 24.7 Å². The van der Waals surface area contributed by atoms with Crippen molar-refractivity contribution in [3.05, 3.63) is 95.1 Å². The highest BCUT2D eigenvalue weighted by Crippen LogP contribution is 2.46. The first-order valence-corrected chi connectivity index (χ1v) is 9.12. The molecule has 1 aliphatic carbocycles. The summed E-state index contributed by atoms with van der Waals surface area (Å²) < 4.78 is 5.38. The van der Waals surface area contributed by atoms with Gasteiger partial charge in [0.15, 0.2) is 6.29 Å². The molecule has 0 saturated carbocycles. The number of aldehydes is 1. The van der Waals surface area contributed by atoms with E-state index in [-0.39, 0.29) is 12.5 Å². The molecule has 27 heavy (non-hydrogen) atoms. The molecule has 0 amide bonds. The Morgan fingerprint density at radius 1 is 1.15 bits per heavy atom. The smallest absolute Gasteiger partial charge is 0.157 e. The first-order chi connectivity index (χ1) is 13.3. The molecule has 0 fully saturated rings. The minimum absolute atomic E-state index is 0.0579. The maximum Gasteiger partial charge on any atom is 0.157 e. The summed E-state index contributed by atoms with van der Waals surface area (Å²) >= 11 is 0. The predicted octanol–water partition coefficient (Wildman–Crippen LogP) is 4.43. The third-order valence-electron chi connectivity index (χ3n) is 5.22. The van der Waals surface area contributed by atoms with Crippen LogP contribution in [-0.2, 0) is 11.2 Å². The van der Waals surface area contributed by atoms with Crippen molar-refractivity contribution in [2.24, 2.45) is 0 Å². The van der Waals surface area contributed by atoms with Gasteiger partial charge in [-0.2, -0.15) is 0 Å². The highest BCUT2D eigenvalue weighted by Gasteiger charge is 2.32. The molecule has 134 valence electrons. The summed E-state index contributed by atoms with van der Waals surface area (Å²) in [5.41, 5.74) is 4.77. The molecule has 1 N–H and O–H groups in total. The Morgan fingerprint density at radius 2 is 2.00 bits per heavy atom. The molecule has 0 radical (unpaired) electrons. The summed E-state index contributed by atoms with van der Waals surface area (Å²) in [5.74, 6) is 1.45. The van der Waals surface area contributed by atoms with Crippen LogP contribution in [0.2, 0.25) is 0 Å². The lowest BCUT2D eigenvalue weighted by molar-refractivity contribution is -0.109. The third kappa shape index (κ3) is 3.52. The van der Waals surface area contributed by atoms with E-state index < -0.39 is 0 Å². The number of ether oxygens (including phenoxy) is 1. The predicted molar refractivity (Wildman–Crippen MR) is 103 cm³/mol. The molecule has 3 aromatic carbocycles. The van der Waals surface area contributed by atoms with E-state index in [4.69, 9.17) is 4.74 Å². The van der Waals surface area contributed by atoms with Crippen molar-refractivity contribution < 1.29 is 14.6 Å². The van der Waals surface area contributed by atoms with E-state index in [1.807, 2.05) is 36.4 Å². The molecule has 3 aromatic rings. The van der Waals surface area contributed by atoms with Gasteiger partial charge in [0, 0.05) is 17.4 Å². The molecular formula is C24H20O3. The first kappa shape index (κ1) is 17.2. The molecule has 0 heterocycles. The van der Waals surface area contributed by atoms with E-state index in [1.165, 1.54) is 16.7 Å². The van der Waals surface area contributed by atoms with Gasteiger partial charge < -0.3 is 9.84 Å². The van der Waals surface area contributed by atoms with Gasteiger partial charge in [-0.25, -0.2) is 0 Å². The van der Waals surface area contributed by atoms with Crippen LogP contribution in [0.5, 0.6) is 11.5 Å². The Labute approximate surface area is 159 Å². The summed E-state index contributed by atoms with van der Waals surface area (Å²) in [6, 6.07) is 26.0. The fourth-order valence-electron chi connectivity index (χ4n) is 4.04. The standard InChI is InChI=1S/C24H20O3/c25-14-15-27-21-10-6-18(7-11-21)24-22(17-4-2-1-3-5-17)12-8-19-16-20(26)9-13-23(19)24/h1-2,4,6-7,9-11,13-14,16,22,24,26H,8,12,15H2/t22-,24+/m1/s1. The maximum absolute atomic E-state index is 10.5. The van der Waals surface area contributed by atoms with Crippen LogP contribution in [0, 0.1) is 12.1 Å². The van der Waals surface area contributed by atoms with Crippen LogP contribution >= 0.6 is 0 Å². The molecule has 0 aromatic heterocycles. The fourth-order valence-corrected chi connectivity index (χ4v) is 4.04. The van der Waals surface area contributed by atoms with Crippen molar-refractivity contribution in [1.29, 1.82) is 0 Å². The second-order valence-corrected chi connectivity index (χ2v) is 6.80. The molecule has 3 nitrogen and oxygen atoms in total. The van der Waals surface area contributed by atoms with Gasteiger partial charge in [-0.1, -0.05) is 36.4 Å². The minimum atomic E-state index is 0.0579. The van der Waals surface area contributed by atoms with Crippen molar-refractivity contribution in [2.45, 2.75) is 24.7 Å². The number of aromatic hydroxyl groups is 1. The summed E-state index contributed by atoms with van der Waals surface area (Å²) in [6.07, 6.45) is 2.66. The molecule has 4 rings (SSSR count). The molecule has 0 bridgehead atoms. The summed E-state index contributed by atoms with van der Waals surface area (Å²) in [4.78, 5) is 10.5. The maximum atomic E-state index is 10.5. The van der Waals surface area contributed by atoms with Crippen molar-refractivity contribution in [3.63, 3.8) is 0 Å². The van der Waals surface area contributed by atoms with Gasteiger partial charge in [0.05, 0.1) is 0 Å². The van der Waals surface area contributed by atoms with Crippen LogP contribution in [0.3, 0.4) is 0 Å². The number of hydrogen-bond acceptors (Lipinski definition) is 3. The quantitative estimate of drug-likeness (QED) is 0.688. The number of hydrogen-bond donors (Lipinski definition) is 1. The third-order valence-corrected chi connectivity index (χ3v) is 5.22. The second kappa shape index (κ2) is 7.55. The van der Waals surface area contributed by atoms with Gasteiger partial charge in [0.1, 0.15) is 18.1 Å². The average molecular weight is 356 g/mol. The number of phenolic OH excluding ortho intramolecular Hbond substituents is 1. The zero-order chi connectivity index (χ0) is 18.6. The van der Waals surface area contributed by atoms with Crippen LogP contribution < -0.4 is 4.74 Å². The van der Waals surface area contributed by atoms with Crippen LogP contribution in [0.4, 0.5) is 0 Å². The Kier molecular flexibility index (Phi) is 4.80. The number of fused-ring (bicyclic) bond motifs is 1. The Balaban J connectivity index is 1.75.